The Morgan fingerprint density at radius 1 is 1.06 bits per heavy atom. The number of nitrogens with zero attached hydrogens (tertiary/aromatic N) is 2. The number of piperidine rings is 1. The highest BCUT2D eigenvalue weighted by atomic mass is 15.3. The number of fused-ring (bicyclic) bond motifs is 1. The molecule has 3 heteroatoms. The third-order valence-corrected chi connectivity index (χ3v) is 5.57. The maximum atomic E-state index is 3.72. The molecule has 3 aliphatic heterocycles. The van der Waals surface area contributed by atoms with E-state index in [-0.39, 0.29) is 0 Å². The fourth-order valence-corrected chi connectivity index (χ4v) is 4.25. The molecule has 3 heterocycles. The number of nitrogens with one attached hydrogen (secondary N) is 1. The predicted molar refractivity (Wildman–Crippen MR) is 75.9 cm³/mol. The Labute approximate surface area is 112 Å². The normalized spacial score (nSPS) is 43.0. The third kappa shape index (κ3) is 2.33. The summed E-state index contributed by atoms with van der Waals surface area (Å²) in [5.41, 5.74) is 0.348. The van der Waals surface area contributed by atoms with Crippen LogP contribution in [0.3, 0.4) is 0 Å². The molecule has 0 aromatic carbocycles. The van der Waals surface area contributed by atoms with Gasteiger partial charge in [0.1, 0.15) is 0 Å². The Morgan fingerprint density at radius 2 is 1.89 bits per heavy atom. The van der Waals surface area contributed by atoms with Gasteiger partial charge in [0.25, 0.3) is 0 Å². The van der Waals surface area contributed by atoms with Gasteiger partial charge in [-0.1, -0.05) is 13.3 Å². The Morgan fingerprint density at radius 3 is 2.72 bits per heavy atom. The van der Waals surface area contributed by atoms with E-state index in [9.17, 15) is 0 Å². The zero-order chi connectivity index (χ0) is 12.6. The molecule has 0 radical (unpaired) electrons. The highest BCUT2D eigenvalue weighted by molar-refractivity contribution is 4.99. The molecule has 0 aromatic heterocycles. The van der Waals surface area contributed by atoms with E-state index < -0.39 is 0 Å². The van der Waals surface area contributed by atoms with Crippen molar-refractivity contribution in [3.05, 3.63) is 0 Å². The van der Waals surface area contributed by atoms with Crippen molar-refractivity contribution in [3.8, 4) is 0 Å². The molecule has 1 N–H and O–H groups in total. The largest absolute Gasteiger partial charge is 0.309 e. The first-order valence-corrected chi connectivity index (χ1v) is 7.95. The molecule has 0 bridgehead atoms. The quantitative estimate of drug-likeness (QED) is 0.806. The minimum Gasteiger partial charge on any atom is -0.309 e. The van der Waals surface area contributed by atoms with E-state index in [1.54, 1.807) is 0 Å². The van der Waals surface area contributed by atoms with Gasteiger partial charge in [-0.2, -0.15) is 0 Å². The first-order chi connectivity index (χ1) is 8.72. The van der Waals surface area contributed by atoms with Gasteiger partial charge in [-0.3, -0.25) is 9.80 Å². The van der Waals surface area contributed by atoms with E-state index in [1.807, 2.05) is 0 Å². The van der Waals surface area contributed by atoms with Crippen molar-refractivity contribution < 1.29 is 0 Å². The van der Waals surface area contributed by atoms with Crippen molar-refractivity contribution in [2.75, 3.05) is 32.7 Å². The molecule has 0 aliphatic carbocycles. The molecule has 3 atom stereocenters. The van der Waals surface area contributed by atoms with Crippen molar-refractivity contribution in [1.82, 2.24) is 15.1 Å². The molecule has 104 valence electrons. The van der Waals surface area contributed by atoms with Crippen LogP contribution in [0.4, 0.5) is 0 Å². The van der Waals surface area contributed by atoms with Crippen molar-refractivity contribution in [3.63, 3.8) is 0 Å². The molecule has 0 aromatic rings. The van der Waals surface area contributed by atoms with Crippen LogP contribution < -0.4 is 5.32 Å². The van der Waals surface area contributed by atoms with Gasteiger partial charge in [0.05, 0.1) is 0 Å². The van der Waals surface area contributed by atoms with E-state index >= 15 is 0 Å². The van der Waals surface area contributed by atoms with Gasteiger partial charge in [-0.05, 0) is 39.2 Å². The summed E-state index contributed by atoms with van der Waals surface area (Å²) in [6, 6.07) is 1.72. The molecule has 3 saturated heterocycles. The van der Waals surface area contributed by atoms with Crippen LogP contribution in [0.5, 0.6) is 0 Å². The highest BCUT2D eigenvalue weighted by Crippen LogP contribution is 2.32. The molecule has 3 aliphatic rings. The Hall–Kier alpha value is -0.120. The summed E-state index contributed by atoms with van der Waals surface area (Å²) >= 11 is 0. The molecule has 0 amide bonds. The van der Waals surface area contributed by atoms with Gasteiger partial charge in [0, 0.05) is 43.8 Å². The molecule has 3 unspecified atom stereocenters. The number of hydrogen-bond donors (Lipinski definition) is 1. The smallest absolute Gasteiger partial charge is 0.0278 e. The van der Waals surface area contributed by atoms with Crippen LogP contribution in [0.25, 0.3) is 0 Å². The van der Waals surface area contributed by atoms with Gasteiger partial charge >= 0.3 is 0 Å². The van der Waals surface area contributed by atoms with Crippen LogP contribution >= 0.6 is 0 Å². The summed E-state index contributed by atoms with van der Waals surface area (Å²) in [5, 5.41) is 3.72. The van der Waals surface area contributed by atoms with Gasteiger partial charge < -0.3 is 5.32 Å². The molecular weight excluding hydrogens is 222 g/mol. The van der Waals surface area contributed by atoms with Crippen LogP contribution in [0.2, 0.25) is 0 Å². The minimum absolute atomic E-state index is 0.348. The Balaban J connectivity index is 1.67. The Kier molecular flexibility index (Phi) is 3.65. The van der Waals surface area contributed by atoms with Crippen molar-refractivity contribution in [2.45, 2.75) is 63.6 Å². The number of hydrogen-bond acceptors (Lipinski definition) is 3. The summed E-state index contributed by atoms with van der Waals surface area (Å²) in [7, 11) is 0. The lowest BCUT2D eigenvalue weighted by atomic mass is 9.92. The number of rotatable bonds is 2. The van der Waals surface area contributed by atoms with Gasteiger partial charge in [0.15, 0.2) is 0 Å². The fourth-order valence-electron chi connectivity index (χ4n) is 4.25. The molecule has 3 rings (SSSR count). The van der Waals surface area contributed by atoms with E-state index in [4.69, 9.17) is 0 Å². The zero-order valence-corrected chi connectivity index (χ0v) is 12.1. The van der Waals surface area contributed by atoms with Crippen molar-refractivity contribution in [2.24, 2.45) is 0 Å². The summed E-state index contributed by atoms with van der Waals surface area (Å²) in [6.45, 7) is 11.1. The second-order valence-electron chi connectivity index (χ2n) is 6.77. The minimum atomic E-state index is 0.348. The molecule has 0 spiro atoms. The van der Waals surface area contributed by atoms with E-state index in [2.05, 4.69) is 29.0 Å². The number of piperazine rings is 1. The second-order valence-corrected chi connectivity index (χ2v) is 6.77. The van der Waals surface area contributed by atoms with E-state index in [1.165, 1.54) is 64.8 Å². The average molecular weight is 251 g/mol. The third-order valence-electron chi connectivity index (χ3n) is 5.57. The van der Waals surface area contributed by atoms with Gasteiger partial charge in [-0.25, -0.2) is 0 Å². The van der Waals surface area contributed by atoms with Crippen LogP contribution in [0.1, 0.15) is 46.0 Å². The topological polar surface area (TPSA) is 18.5 Å². The molecule has 18 heavy (non-hydrogen) atoms. The molecule has 0 saturated carbocycles. The lowest BCUT2D eigenvalue weighted by Gasteiger charge is -2.46. The molecule has 3 fully saturated rings. The summed E-state index contributed by atoms with van der Waals surface area (Å²) in [4.78, 5) is 5.56. The van der Waals surface area contributed by atoms with Crippen molar-refractivity contribution in [1.29, 1.82) is 0 Å². The van der Waals surface area contributed by atoms with E-state index in [0.717, 1.165) is 12.1 Å². The average Bonchev–Trinajstić information content (AvgIpc) is 2.83. The molecule has 3 nitrogen and oxygen atoms in total. The summed E-state index contributed by atoms with van der Waals surface area (Å²) in [5.74, 6) is 0. The summed E-state index contributed by atoms with van der Waals surface area (Å²) in [6.07, 6.45) is 6.97. The SMILES string of the molecule is CCC1(C)CN(C2CCN3CCCCC23)CCN1. The standard InChI is InChI=1S/C15H29N3/c1-3-15(2)12-18(11-8-16-15)14-7-10-17-9-5-4-6-13(14)17/h13-14,16H,3-12H2,1-2H3. The van der Waals surface area contributed by atoms with Crippen LogP contribution in [0.15, 0.2) is 0 Å². The Bertz CT molecular complexity index is 293. The first kappa shape index (κ1) is 12.9. The zero-order valence-electron chi connectivity index (χ0n) is 12.1. The van der Waals surface area contributed by atoms with Crippen LogP contribution in [0, 0.1) is 0 Å². The van der Waals surface area contributed by atoms with Crippen LogP contribution in [-0.4, -0.2) is 60.1 Å². The van der Waals surface area contributed by atoms with Crippen LogP contribution in [-0.2, 0) is 0 Å². The highest BCUT2D eigenvalue weighted by Gasteiger charge is 2.41. The molecular formula is C15H29N3. The lowest BCUT2D eigenvalue weighted by Crippen LogP contribution is -2.62. The maximum absolute atomic E-state index is 3.72. The van der Waals surface area contributed by atoms with E-state index in [0.29, 0.717) is 5.54 Å². The van der Waals surface area contributed by atoms with Gasteiger partial charge in [0.2, 0.25) is 0 Å². The summed E-state index contributed by atoms with van der Waals surface area (Å²) < 4.78 is 0. The van der Waals surface area contributed by atoms with Gasteiger partial charge in [-0.15, -0.1) is 0 Å². The monoisotopic (exact) mass is 251 g/mol. The first-order valence-electron chi connectivity index (χ1n) is 7.95. The lowest BCUT2D eigenvalue weighted by molar-refractivity contribution is 0.0643. The maximum Gasteiger partial charge on any atom is 0.0278 e. The van der Waals surface area contributed by atoms with Crippen molar-refractivity contribution >= 4 is 0 Å². The fraction of sp³-hybridized carbons (Fsp3) is 1.00. The second kappa shape index (κ2) is 5.10. The predicted octanol–water partition coefficient (Wildman–Crippen LogP) is 1.69.